The minimum Gasteiger partial charge on any atom is -0.362 e. The van der Waals surface area contributed by atoms with Crippen molar-refractivity contribution in [2.24, 2.45) is 0 Å². The van der Waals surface area contributed by atoms with Gasteiger partial charge in [0.15, 0.2) is 0 Å². The smallest absolute Gasteiger partial charge is 0.225 e. The van der Waals surface area contributed by atoms with E-state index in [1.165, 1.54) is 12.1 Å². The van der Waals surface area contributed by atoms with Gasteiger partial charge in [-0.1, -0.05) is 12.1 Å². The first kappa shape index (κ1) is 14.2. The molecule has 0 atom stereocenters. The molecule has 0 aliphatic rings. The van der Waals surface area contributed by atoms with Crippen LogP contribution in [0, 0.1) is 12.7 Å². The number of benzene rings is 1. The maximum Gasteiger partial charge on any atom is 0.225 e. The van der Waals surface area contributed by atoms with Crippen molar-refractivity contribution in [1.29, 1.82) is 0 Å². The Kier molecular flexibility index (Phi) is 3.55. The Morgan fingerprint density at radius 3 is 2.43 bits per heavy atom. The van der Waals surface area contributed by atoms with Crippen LogP contribution in [0.15, 0.2) is 24.3 Å². The van der Waals surface area contributed by atoms with Crippen molar-refractivity contribution in [2.45, 2.75) is 6.92 Å². The molecule has 0 aliphatic heterocycles. The van der Waals surface area contributed by atoms with Gasteiger partial charge in [0.25, 0.3) is 0 Å². The van der Waals surface area contributed by atoms with Crippen molar-refractivity contribution < 1.29 is 4.39 Å². The van der Waals surface area contributed by atoms with Gasteiger partial charge in [-0.15, -0.1) is 11.3 Å². The van der Waals surface area contributed by atoms with Crippen LogP contribution in [0.2, 0.25) is 5.28 Å². The maximum atomic E-state index is 13.2. The summed E-state index contributed by atoms with van der Waals surface area (Å²) in [7, 11) is 3.83. The first-order valence-corrected chi connectivity index (χ1v) is 7.56. The fourth-order valence-electron chi connectivity index (χ4n) is 2.36. The number of aryl methyl sites for hydroxylation is 1. The summed E-state index contributed by atoms with van der Waals surface area (Å²) in [5.41, 5.74) is 1.99. The Bertz CT molecular complexity index is 812. The van der Waals surface area contributed by atoms with Gasteiger partial charge in [0.2, 0.25) is 5.28 Å². The lowest BCUT2D eigenvalue weighted by Gasteiger charge is -2.14. The minimum atomic E-state index is -0.247. The maximum absolute atomic E-state index is 13.2. The van der Waals surface area contributed by atoms with E-state index in [0.29, 0.717) is 0 Å². The van der Waals surface area contributed by atoms with E-state index in [4.69, 9.17) is 11.6 Å². The third-order valence-electron chi connectivity index (χ3n) is 3.24. The number of aromatic nitrogens is 2. The molecule has 0 fully saturated rings. The van der Waals surface area contributed by atoms with E-state index in [2.05, 4.69) is 9.97 Å². The number of hydrogen-bond acceptors (Lipinski definition) is 4. The summed E-state index contributed by atoms with van der Waals surface area (Å²) < 4.78 is 13.2. The molecular formula is C15H13ClFN3S. The van der Waals surface area contributed by atoms with Crippen LogP contribution in [0.4, 0.5) is 10.2 Å². The van der Waals surface area contributed by atoms with Crippen molar-refractivity contribution in [3.63, 3.8) is 0 Å². The summed E-state index contributed by atoms with van der Waals surface area (Å²) in [4.78, 5) is 12.5. The Morgan fingerprint density at radius 2 is 1.81 bits per heavy atom. The molecule has 0 spiro atoms. The normalized spacial score (nSPS) is 11.1. The molecule has 0 bridgehead atoms. The SMILES string of the molecule is Cc1sc2nc(Cl)nc(N(C)C)c2c1-c1ccc(F)cc1. The van der Waals surface area contributed by atoms with Gasteiger partial charge >= 0.3 is 0 Å². The summed E-state index contributed by atoms with van der Waals surface area (Å²) in [6, 6.07) is 6.48. The summed E-state index contributed by atoms with van der Waals surface area (Å²) in [5.74, 6) is 0.525. The second kappa shape index (κ2) is 5.24. The minimum absolute atomic E-state index is 0.234. The first-order valence-electron chi connectivity index (χ1n) is 6.37. The Hall–Kier alpha value is -1.72. The summed E-state index contributed by atoms with van der Waals surface area (Å²) in [5, 5.41) is 1.19. The molecular weight excluding hydrogens is 309 g/mol. The monoisotopic (exact) mass is 321 g/mol. The molecule has 21 heavy (non-hydrogen) atoms. The lowest BCUT2D eigenvalue weighted by atomic mass is 10.0. The Balaban J connectivity index is 2.37. The largest absolute Gasteiger partial charge is 0.362 e. The van der Waals surface area contributed by atoms with Gasteiger partial charge < -0.3 is 4.90 Å². The molecule has 0 saturated heterocycles. The van der Waals surface area contributed by atoms with Crippen molar-refractivity contribution in [2.75, 3.05) is 19.0 Å². The number of hydrogen-bond donors (Lipinski definition) is 0. The molecule has 0 saturated carbocycles. The predicted octanol–water partition coefficient (Wildman–Crippen LogP) is 4.53. The van der Waals surface area contributed by atoms with E-state index in [-0.39, 0.29) is 11.1 Å². The van der Waals surface area contributed by atoms with Crippen LogP contribution in [0.25, 0.3) is 21.3 Å². The zero-order valence-electron chi connectivity index (χ0n) is 11.8. The van der Waals surface area contributed by atoms with Crippen molar-refractivity contribution in [1.82, 2.24) is 9.97 Å². The number of nitrogens with zero attached hydrogens (tertiary/aromatic N) is 3. The second-order valence-electron chi connectivity index (χ2n) is 4.93. The molecule has 2 heterocycles. The standard InChI is InChI=1S/C15H13ClFN3S/c1-8-11(9-4-6-10(17)7-5-9)12-13(20(2)3)18-15(16)19-14(12)21-8/h4-7H,1-3H3. The van der Waals surface area contributed by atoms with Gasteiger partial charge in [0.05, 0.1) is 5.39 Å². The molecule has 0 aliphatic carbocycles. The topological polar surface area (TPSA) is 29.0 Å². The quantitative estimate of drug-likeness (QED) is 0.650. The lowest BCUT2D eigenvalue weighted by Crippen LogP contribution is -2.11. The molecule has 108 valence electrons. The van der Waals surface area contributed by atoms with Gasteiger partial charge in [0, 0.05) is 24.5 Å². The third-order valence-corrected chi connectivity index (χ3v) is 4.41. The summed E-state index contributed by atoms with van der Waals surface area (Å²) in [6.07, 6.45) is 0. The highest BCUT2D eigenvalue weighted by atomic mass is 35.5. The fraction of sp³-hybridized carbons (Fsp3) is 0.200. The molecule has 0 unspecified atom stereocenters. The number of fused-ring (bicyclic) bond motifs is 1. The molecule has 3 rings (SSSR count). The Labute approximate surface area is 131 Å². The van der Waals surface area contributed by atoms with Gasteiger partial charge in [-0.3, -0.25) is 0 Å². The molecule has 2 aromatic heterocycles. The van der Waals surface area contributed by atoms with Gasteiger partial charge in [-0.2, -0.15) is 4.98 Å². The van der Waals surface area contributed by atoms with Gasteiger partial charge in [-0.05, 0) is 36.2 Å². The molecule has 0 radical (unpaired) electrons. The third kappa shape index (κ3) is 2.47. The zero-order chi connectivity index (χ0) is 15.1. The van der Waals surface area contributed by atoms with Gasteiger partial charge in [-0.25, -0.2) is 9.37 Å². The van der Waals surface area contributed by atoms with E-state index in [1.807, 2.05) is 25.9 Å². The summed E-state index contributed by atoms with van der Waals surface area (Å²) >= 11 is 7.57. The summed E-state index contributed by atoms with van der Waals surface area (Å²) in [6.45, 7) is 2.03. The predicted molar refractivity (Wildman–Crippen MR) is 86.9 cm³/mol. The number of halogens is 2. The molecule has 0 amide bonds. The van der Waals surface area contributed by atoms with E-state index >= 15 is 0 Å². The average molecular weight is 322 g/mol. The number of anilines is 1. The molecule has 3 aromatic rings. The number of thiophene rings is 1. The highest BCUT2D eigenvalue weighted by molar-refractivity contribution is 7.19. The van der Waals surface area contributed by atoms with Crippen molar-refractivity contribution in [3.05, 3.63) is 40.2 Å². The molecule has 3 nitrogen and oxygen atoms in total. The van der Waals surface area contributed by atoms with Crippen LogP contribution in [-0.2, 0) is 0 Å². The van der Waals surface area contributed by atoms with Crippen LogP contribution in [0.3, 0.4) is 0 Å². The molecule has 0 N–H and O–H groups in total. The zero-order valence-corrected chi connectivity index (χ0v) is 13.4. The van der Waals surface area contributed by atoms with E-state index in [0.717, 1.165) is 32.0 Å². The molecule has 1 aromatic carbocycles. The van der Waals surface area contributed by atoms with Crippen LogP contribution in [-0.4, -0.2) is 24.1 Å². The second-order valence-corrected chi connectivity index (χ2v) is 6.47. The average Bonchev–Trinajstić information content (AvgIpc) is 2.74. The lowest BCUT2D eigenvalue weighted by molar-refractivity contribution is 0.628. The van der Waals surface area contributed by atoms with Crippen LogP contribution < -0.4 is 4.90 Å². The highest BCUT2D eigenvalue weighted by Crippen LogP contribution is 2.41. The van der Waals surface area contributed by atoms with Crippen LogP contribution >= 0.6 is 22.9 Å². The van der Waals surface area contributed by atoms with Crippen molar-refractivity contribution >= 4 is 39.0 Å². The van der Waals surface area contributed by atoms with Crippen molar-refractivity contribution in [3.8, 4) is 11.1 Å². The molecule has 6 heteroatoms. The Morgan fingerprint density at radius 1 is 1.14 bits per heavy atom. The fourth-order valence-corrected chi connectivity index (χ4v) is 3.61. The van der Waals surface area contributed by atoms with E-state index in [1.54, 1.807) is 23.5 Å². The highest BCUT2D eigenvalue weighted by Gasteiger charge is 2.19. The van der Waals surface area contributed by atoms with Crippen LogP contribution in [0.5, 0.6) is 0 Å². The number of rotatable bonds is 2. The van der Waals surface area contributed by atoms with Gasteiger partial charge in [0.1, 0.15) is 16.5 Å². The van der Waals surface area contributed by atoms with Crippen LogP contribution in [0.1, 0.15) is 4.88 Å². The van der Waals surface area contributed by atoms with E-state index < -0.39 is 0 Å². The first-order chi connectivity index (χ1) is 9.97. The van der Waals surface area contributed by atoms with E-state index in [9.17, 15) is 4.39 Å².